The molecule has 24 heavy (non-hydrogen) atoms. The first-order valence-electron chi connectivity index (χ1n) is 7.10. The minimum Gasteiger partial charge on any atom is -0.496 e. The lowest BCUT2D eigenvalue weighted by Crippen LogP contribution is -2.36. The number of primary amides is 1. The van der Waals surface area contributed by atoms with Crippen LogP contribution in [0.4, 0.5) is 4.79 Å². The van der Waals surface area contributed by atoms with E-state index in [1.807, 2.05) is 36.4 Å². The van der Waals surface area contributed by atoms with Gasteiger partial charge in [-0.05, 0) is 34.7 Å². The van der Waals surface area contributed by atoms with Crippen LogP contribution >= 0.6 is 11.8 Å². The number of carbonyl (C=O) groups excluding carboxylic acids is 3. The van der Waals surface area contributed by atoms with E-state index in [1.54, 1.807) is 13.2 Å². The number of amides is 3. The van der Waals surface area contributed by atoms with Gasteiger partial charge in [-0.25, -0.2) is 0 Å². The van der Waals surface area contributed by atoms with Gasteiger partial charge >= 0.3 is 0 Å². The van der Waals surface area contributed by atoms with Crippen molar-refractivity contribution >= 4 is 45.7 Å². The van der Waals surface area contributed by atoms with Crippen molar-refractivity contribution in [3.8, 4) is 5.75 Å². The van der Waals surface area contributed by atoms with Crippen molar-refractivity contribution in [2.45, 2.75) is 0 Å². The summed E-state index contributed by atoms with van der Waals surface area (Å²) in [6, 6.07) is 11.4. The topological polar surface area (TPSA) is 89.7 Å². The van der Waals surface area contributed by atoms with E-state index in [2.05, 4.69) is 0 Å². The molecular weight excluding hydrogens is 328 g/mol. The predicted octanol–water partition coefficient (Wildman–Crippen LogP) is 2.37. The fourth-order valence-electron chi connectivity index (χ4n) is 2.53. The van der Waals surface area contributed by atoms with Gasteiger partial charge in [0.05, 0.1) is 12.0 Å². The quantitative estimate of drug-likeness (QED) is 0.862. The van der Waals surface area contributed by atoms with Crippen LogP contribution in [0.5, 0.6) is 5.75 Å². The summed E-state index contributed by atoms with van der Waals surface area (Å²) in [5.74, 6) is -0.671. The number of thioether (sulfide) groups is 1. The van der Waals surface area contributed by atoms with Gasteiger partial charge in [0.25, 0.3) is 11.1 Å². The van der Waals surface area contributed by atoms with Crippen molar-refractivity contribution in [3.63, 3.8) is 0 Å². The normalized spacial score (nSPS) is 16.2. The standard InChI is InChI=1S/C17H14N2O4S/c1-23-13-7-6-10-4-2-3-5-11(10)12(13)8-14-16(21)19(9-15(18)20)17(22)24-14/h2-8H,9H2,1H3,(H2,18,20)/b14-8-. The average Bonchev–Trinajstić information content (AvgIpc) is 2.82. The Morgan fingerprint density at radius 3 is 2.71 bits per heavy atom. The molecule has 0 spiro atoms. The maximum absolute atomic E-state index is 12.4. The molecule has 2 N–H and O–H groups in total. The third-order valence-electron chi connectivity index (χ3n) is 3.61. The molecule has 1 aliphatic rings. The zero-order valence-corrected chi connectivity index (χ0v) is 13.6. The van der Waals surface area contributed by atoms with Gasteiger partial charge in [0.1, 0.15) is 12.3 Å². The number of carbonyl (C=O) groups is 3. The summed E-state index contributed by atoms with van der Waals surface area (Å²) >= 11 is 0.782. The summed E-state index contributed by atoms with van der Waals surface area (Å²) in [6.45, 7) is -0.422. The first kappa shape index (κ1) is 16.1. The number of nitrogens with two attached hydrogens (primary N) is 1. The highest BCUT2D eigenvalue weighted by molar-refractivity contribution is 8.18. The SMILES string of the molecule is COc1ccc2ccccc2c1/C=C1\SC(=O)N(CC(N)=O)C1=O. The maximum atomic E-state index is 12.4. The smallest absolute Gasteiger partial charge is 0.294 e. The molecule has 1 heterocycles. The Balaban J connectivity index is 2.09. The molecule has 0 saturated carbocycles. The van der Waals surface area contributed by atoms with Crippen LogP contribution in [0.1, 0.15) is 5.56 Å². The van der Waals surface area contributed by atoms with E-state index < -0.39 is 23.6 Å². The van der Waals surface area contributed by atoms with Crippen molar-refractivity contribution in [3.05, 3.63) is 46.9 Å². The molecule has 1 fully saturated rings. The fraction of sp³-hybridized carbons (Fsp3) is 0.118. The second-order valence-corrected chi connectivity index (χ2v) is 6.13. The van der Waals surface area contributed by atoms with Crippen molar-refractivity contribution in [2.75, 3.05) is 13.7 Å². The van der Waals surface area contributed by atoms with Gasteiger partial charge in [0, 0.05) is 5.56 Å². The molecular formula is C17H14N2O4S. The van der Waals surface area contributed by atoms with Crippen LogP contribution in [0, 0.1) is 0 Å². The van der Waals surface area contributed by atoms with Crippen molar-refractivity contribution in [1.82, 2.24) is 4.90 Å². The number of hydrogen-bond acceptors (Lipinski definition) is 5. The zero-order valence-electron chi connectivity index (χ0n) is 12.8. The van der Waals surface area contributed by atoms with Crippen LogP contribution in [0.15, 0.2) is 41.3 Å². The lowest BCUT2D eigenvalue weighted by atomic mass is 10.0. The predicted molar refractivity (Wildman–Crippen MR) is 92.4 cm³/mol. The number of hydrogen-bond donors (Lipinski definition) is 1. The molecule has 122 valence electrons. The largest absolute Gasteiger partial charge is 0.496 e. The first-order valence-corrected chi connectivity index (χ1v) is 7.92. The Kier molecular flexibility index (Phi) is 4.26. The summed E-state index contributed by atoms with van der Waals surface area (Å²) in [7, 11) is 1.54. The number of methoxy groups -OCH3 is 1. The van der Waals surface area contributed by atoms with Crippen LogP contribution in [0.25, 0.3) is 16.8 Å². The molecule has 0 radical (unpaired) electrons. The summed E-state index contributed by atoms with van der Waals surface area (Å²) in [5.41, 5.74) is 5.79. The van der Waals surface area contributed by atoms with Crippen molar-refractivity contribution in [2.24, 2.45) is 5.73 Å². The molecule has 0 aromatic heterocycles. The average molecular weight is 342 g/mol. The molecule has 0 aliphatic carbocycles. The minimum absolute atomic E-state index is 0.232. The third kappa shape index (κ3) is 2.85. The van der Waals surface area contributed by atoms with Crippen LogP contribution in [-0.2, 0) is 9.59 Å². The van der Waals surface area contributed by atoms with Crippen LogP contribution in [0.3, 0.4) is 0 Å². The molecule has 6 nitrogen and oxygen atoms in total. The van der Waals surface area contributed by atoms with Crippen LogP contribution in [-0.4, -0.2) is 35.6 Å². The summed E-state index contributed by atoms with van der Waals surface area (Å²) in [5, 5.41) is 1.38. The summed E-state index contributed by atoms with van der Waals surface area (Å²) in [4.78, 5) is 36.4. The van der Waals surface area contributed by atoms with Gasteiger partial charge in [0.15, 0.2) is 0 Å². The van der Waals surface area contributed by atoms with Gasteiger partial charge in [-0.3, -0.25) is 19.3 Å². The second-order valence-electron chi connectivity index (χ2n) is 5.14. The number of imide groups is 1. The third-order valence-corrected chi connectivity index (χ3v) is 4.52. The zero-order chi connectivity index (χ0) is 17.3. The lowest BCUT2D eigenvalue weighted by Gasteiger charge is -2.10. The fourth-order valence-corrected chi connectivity index (χ4v) is 3.35. The van der Waals surface area contributed by atoms with Gasteiger partial charge in [0.2, 0.25) is 5.91 Å². The second kappa shape index (κ2) is 6.37. The molecule has 2 aromatic carbocycles. The van der Waals surface area contributed by atoms with Gasteiger partial charge < -0.3 is 10.5 Å². The molecule has 7 heteroatoms. The van der Waals surface area contributed by atoms with Gasteiger partial charge in [-0.15, -0.1) is 0 Å². The molecule has 0 bridgehead atoms. The Morgan fingerprint density at radius 1 is 1.25 bits per heavy atom. The molecule has 3 rings (SSSR count). The van der Waals surface area contributed by atoms with E-state index in [0.29, 0.717) is 11.3 Å². The number of fused-ring (bicyclic) bond motifs is 1. The number of benzene rings is 2. The number of nitrogens with zero attached hydrogens (tertiary/aromatic N) is 1. The highest BCUT2D eigenvalue weighted by atomic mass is 32.2. The van der Waals surface area contributed by atoms with Crippen molar-refractivity contribution in [1.29, 1.82) is 0 Å². The van der Waals surface area contributed by atoms with E-state index in [4.69, 9.17) is 10.5 Å². The van der Waals surface area contributed by atoms with E-state index >= 15 is 0 Å². The monoisotopic (exact) mass is 342 g/mol. The molecule has 1 saturated heterocycles. The van der Waals surface area contributed by atoms with Gasteiger partial charge in [-0.1, -0.05) is 30.3 Å². The van der Waals surface area contributed by atoms with Crippen molar-refractivity contribution < 1.29 is 19.1 Å². The molecule has 0 unspecified atom stereocenters. The maximum Gasteiger partial charge on any atom is 0.294 e. The minimum atomic E-state index is -0.735. The Hall–Kier alpha value is -2.80. The van der Waals surface area contributed by atoms with Crippen LogP contribution in [0.2, 0.25) is 0 Å². The molecule has 2 aromatic rings. The van der Waals surface area contributed by atoms with E-state index in [9.17, 15) is 14.4 Å². The Labute approximate surface area is 142 Å². The highest BCUT2D eigenvalue weighted by Crippen LogP contribution is 2.36. The molecule has 0 atom stereocenters. The highest BCUT2D eigenvalue weighted by Gasteiger charge is 2.36. The number of ether oxygens (including phenoxy) is 1. The van der Waals surface area contributed by atoms with E-state index in [1.165, 1.54) is 0 Å². The lowest BCUT2D eigenvalue weighted by molar-refractivity contribution is -0.127. The summed E-state index contributed by atoms with van der Waals surface area (Å²) < 4.78 is 5.38. The summed E-state index contributed by atoms with van der Waals surface area (Å²) in [6.07, 6.45) is 1.62. The Bertz CT molecular complexity index is 891. The molecule has 3 amide bonds. The Morgan fingerprint density at radius 2 is 2.00 bits per heavy atom. The van der Waals surface area contributed by atoms with E-state index in [0.717, 1.165) is 27.4 Å². The first-order chi connectivity index (χ1) is 11.5. The van der Waals surface area contributed by atoms with E-state index in [-0.39, 0.29) is 4.91 Å². The number of rotatable bonds is 4. The van der Waals surface area contributed by atoms with Gasteiger partial charge in [-0.2, -0.15) is 0 Å². The molecule has 1 aliphatic heterocycles. The van der Waals surface area contributed by atoms with Crippen LogP contribution < -0.4 is 10.5 Å².